The molecular formula is C14H28N2S. The van der Waals surface area contributed by atoms with E-state index < -0.39 is 0 Å². The summed E-state index contributed by atoms with van der Waals surface area (Å²) in [5.41, 5.74) is 6.49. The first-order valence-corrected chi connectivity index (χ1v) is 8.49. The molecule has 0 aromatic rings. The van der Waals surface area contributed by atoms with Gasteiger partial charge in [-0.1, -0.05) is 13.3 Å². The van der Waals surface area contributed by atoms with Gasteiger partial charge in [0.25, 0.3) is 0 Å². The van der Waals surface area contributed by atoms with Crippen LogP contribution in [0.25, 0.3) is 0 Å². The maximum absolute atomic E-state index is 6.14. The zero-order chi connectivity index (χ0) is 12.1. The molecule has 0 aliphatic carbocycles. The third-order valence-corrected chi connectivity index (χ3v) is 5.88. The molecule has 2 aliphatic heterocycles. The van der Waals surface area contributed by atoms with Crippen molar-refractivity contribution in [1.82, 2.24) is 4.90 Å². The molecule has 2 nitrogen and oxygen atoms in total. The molecule has 0 spiro atoms. The summed E-state index contributed by atoms with van der Waals surface area (Å²) >= 11 is 2.10. The summed E-state index contributed by atoms with van der Waals surface area (Å²) in [6.07, 6.45) is 8.19. The van der Waals surface area contributed by atoms with Crippen LogP contribution in [-0.4, -0.2) is 41.6 Å². The monoisotopic (exact) mass is 256 g/mol. The fraction of sp³-hybridized carbons (Fsp3) is 1.00. The molecule has 1 unspecified atom stereocenters. The number of hydrogen-bond acceptors (Lipinski definition) is 3. The fourth-order valence-electron chi connectivity index (χ4n) is 3.45. The summed E-state index contributed by atoms with van der Waals surface area (Å²) in [4.78, 5) is 2.75. The molecule has 100 valence electrons. The maximum atomic E-state index is 6.14. The van der Waals surface area contributed by atoms with Crippen LogP contribution in [0.4, 0.5) is 0 Å². The molecule has 2 N–H and O–H groups in total. The van der Waals surface area contributed by atoms with Crippen molar-refractivity contribution in [2.24, 2.45) is 11.7 Å². The van der Waals surface area contributed by atoms with Gasteiger partial charge < -0.3 is 5.73 Å². The predicted molar refractivity (Wildman–Crippen MR) is 77.5 cm³/mol. The van der Waals surface area contributed by atoms with Gasteiger partial charge in [0.05, 0.1) is 0 Å². The molecule has 0 bridgehead atoms. The molecule has 2 heterocycles. The zero-order valence-corrected chi connectivity index (χ0v) is 12.1. The summed E-state index contributed by atoms with van der Waals surface area (Å²) < 4.78 is 0. The molecule has 0 amide bonds. The van der Waals surface area contributed by atoms with Gasteiger partial charge in [-0.2, -0.15) is 11.8 Å². The highest BCUT2D eigenvalue weighted by molar-refractivity contribution is 7.99. The van der Waals surface area contributed by atoms with E-state index in [0.29, 0.717) is 5.54 Å². The Morgan fingerprint density at radius 3 is 2.65 bits per heavy atom. The summed E-state index contributed by atoms with van der Waals surface area (Å²) in [7, 11) is 0. The van der Waals surface area contributed by atoms with Crippen LogP contribution in [0, 0.1) is 5.92 Å². The molecule has 0 aromatic heterocycles. The van der Waals surface area contributed by atoms with E-state index >= 15 is 0 Å². The molecule has 2 rings (SSSR count). The van der Waals surface area contributed by atoms with Crippen molar-refractivity contribution >= 4 is 11.8 Å². The predicted octanol–water partition coefficient (Wildman–Crippen LogP) is 2.72. The molecule has 0 aromatic carbocycles. The number of thioether (sulfide) groups is 1. The topological polar surface area (TPSA) is 29.3 Å². The Morgan fingerprint density at radius 2 is 2.00 bits per heavy atom. The third-order valence-electron chi connectivity index (χ3n) is 4.90. The van der Waals surface area contributed by atoms with Crippen molar-refractivity contribution < 1.29 is 0 Å². The van der Waals surface area contributed by atoms with Crippen LogP contribution in [0.3, 0.4) is 0 Å². The van der Waals surface area contributed by atoms with Crippen LogP contribution in [-0.2, 0) is 0 Å². The van der Waals surface area contributed by atoms with E-state index in [1.807, 2.05) is 0 Å². The van der Waals surface area contributed by atoms with Crippen LogP contribution in [0.1, 0.15) is 45.4 Å². The van der Waals surface area contributed by atoms with Crippen molar-refractivity contribution in [3.63, 3.8) is 0 Å². The van der Waals surface area contributed by atoms with Crippen LogP contribution >= 0.6 is 11.8 Å². The number of nitrogens with two attached hydrogens (primary N) is 1. The third kappa shape index (κ3) is 3.18. The van der Waals surface area contributed by atoms with Crippen molar-refractivity contribution in [2.75, 3.05) is 31.1 Å². The molecule has 2 saturated heterocycles. The number of nitrogens with zero attached hydrogens (tertiary/aromatic N) is 1. The summed E-state index contributed by atoms with van der Waals surface area (Å²) in [6, 6.07) is 0. The van der Waals surface area contributed by atoms with Gasteiger partial charge in [-0.3, -0.25) is 4.90 Å². The molecule has 3 heteroatoms. The molecule has 2 fully saturated rings. The number of hydrogen-bond donors (Lipinski definition) is 1. The lowest BCUT2D eigenvalue weighted by atomic mass is 9.89. The van der Waals surface area contributed by atoms with E-state index in [1.165, 1.54) is 63.1 Å². The molecule has 0 radical (unpaired) electrons. The lowest BCUT2D eigenvalue weighted by molar-refractivity contribution is 0.0873. The summed E-state index contributed by atoms with van der Waals surface area (Å²) in [5, 5.41) is 0. The largest absolute Gasteiger partial charge is 0.329 e. The minimum absolute atomic E-state index is 0.355. The fourth-order valence-corrected chi connectivity index (χ4v) is 4.70. The van der Waals surface area contributed by atoms with Crippen molar-refractivity contribution in [2.45, 2.75) is 51.0 Å². The quantitative estimate of drug-likeness (QED) is 0.842. The van der Waals surface area contributed by atoms with Gasteiger partial charge in [-0.25, -0.2) is 0 Å². The Hall–Kier alpha value is 0.270. The molecule has 2 aliphatic rings. The van der Waals surface area contributed by atoms with E-state index in [9.17, 15) is 0 Å². The second-order valence-electron chi connectivity index (χ2n) is 5.73. The van der Waals surface area contributed by atoms with Gasteiger partial charge >= 0.3 is 0 Å². The first kappa shape index (κ1) is 13.7. The normalized spacial score (nSPS) is 31.1. The maximum Gasteiger partial charge on any atom is 0.0347 e. The van der Waals surface area contributed by atoms with E-state index in [2.05, 4.69) is 23.6 Å². The lowest BCUT2D eigenvalue weighted by Crippen LogP contribution is -2.56. The first-order chi connectivity index (χ1) is 8.30. The molecule has 0 saturated carbocycles. The van der Waals surface area contributed by atoms with Gasteiger partial charge in [0.1, 0.15) is 0 Å². The van der Waals surface area contributed by atoms with Gasteiger partial charge in [0.2, 0.25) is 0 Å². The van der Waals surface area contributed by atoms with E-state index in [0.717, 1.165) is 12.5 Å². The Balaban J connectivity index is 1.98. The Kier molecular flexibility index (Phi) is 5.19. The lowest BCUT2D eigenvalue weighted by Gasteiger charge is -2.45. The minimum atomic E-state index is 0.355. The average Bonchev–Trinajstić information content (AvgIpc) is 2.65. The molecule has 17 heavy (non-hydrogen) atoms. The Labute approximate surface area is 111 Å². The summed E-state index contributed by atoms with van der Waals surface area (Å²) in [5.74, 6) is 3.59. The standard InChI is InChI=1S/C14H28N2S/c1-2-13-4-3-8-16(9-5-13)14(12-15)6-10-17-11-7-14/h13H,2-12,15H2,1H3. The zero-order valence-electron chi connectivity index (χ0n) is 11.3. The highest BCUT2D eigenvalue weighted by Crippen LogP contribution is 2.34. The van der Waals surface area contributed by atoms with E-state index in [1.54, 1.807) is 0 Å². The number of likely N-dealkylation sites (tertiary alicyclic amines) is 1. The Morgan fingerprint density at radius 1 is 1.24 bits per heavy atom. The van der Waals surface area contributed by atoms with Crippen LogP contribution in [0.2, 0.25) is 0 Å². The molecular weight excluding hydrogens is 228 g/mol. The second kappa shape index (κ2) is 6.44. The van der Waals surface area contributed by atoms with E-state index in [-0.39, 0.29) is 0 Å². The molecule has 1 atom stereocenters. The van der Waals surface area contributed by atoms with Crippen molar-refractivity contribution in [3.05, 3.63) is 0 Å². The van der Waals surface area contributed by atoms with E-state index in [4.69, 9.17) is 5.73 Å². The van der Waals surface area contributed by atoms with Crippen LogP contribution < -0.4 is 5.73 Å². The van der Waals surface area contributed by atoms with Crippen LogP contribution in [0.15, 0.2) is 0 Å². The van der Waals surface area contributed by atoms with Gasteiger partial charge in [0.15, 0.2) is 0 Å². The highest BCUT2D eigenvalue weighted by Gasteiger charge is 2.37. The van der Waals surface area contributed by atoms with Crippen molar-refractivity contribution in [1.29, 1.82) is 0 Å². The summed E-state index contributed by atoms with van der Waals surface area (Å²) in [6.45, 7) is 5.79. The Bertz CT molecular complexity index is 226. The van der Waals surface area contributed by atoms with Crippen LogP contribution in [0.5, 0.6) is 0 Å². The van der Waals surface area contributed by atoms with Gasteiger partial charge in [0, 0.05) is 12.1 Å². The SMILES string of the molecule is CCC1CCCN(C2(CN)CCSCC2)CC1. The first-order valence-electron chi connectivity index (χ1n) is 7.33. The highest BCUT2D eigenvalue weighted by atomic mass is 32.2. The van der Waals surface area contributed by atoms with Gasteiger partial charge in [-0.15, -0.1) is 0 Å². The minimum Gasteiger partial charge on any atom is -0.329 e. The van der Waals surface area contributed by atoms with Crippen molar-refractivity contribution in [3.8, 4) is 0 Å². The van der Waals surface area contributed by atoms with Gasteiger partial charge in [-0.05, 0) is 62.6 Å². The average molecular weight is 256 g/mol. The smallest absolute Gasteiger partial charge is 0.0347 e. The second-order valence-corrected chi connectivity index (χ2v) is 6.96. The number of rotatable bonds is 3.